The molecule has 0 fully saturated rings. The highest BCUT2D eigenvalue weighted by atomic mass is 32.2. The van der Waals surface area contributed by atoms with Gasteiger partial charge in [-0.3, -0.25) is 4.84 Å². The Morgan fingerprint density at radius 3 is 2.47 bits per heavy atom. The van der Waals surface area contributed by atoms with E-state index in [2.05, 4.69) is 4.84 Å². The van der Waals surface area contributed by atoms with Crippen LogP contribution in [0.3, 0.4) is 0 Å². The molecule has 0 aliphatic heterocycles. The third-order valence-corrected chi connectivity index (χ3v) is 2.81. The molecule has 0 aromatic heterocycles. The lowest BCUT2D eigenvalue weighted by atomic mass is 10.2. The zero-order valence-corrected chi connectivity index (χ0v) is 8.64. The van der Waals surface area contributed by atoms with Crippen molar-refractivity contribution in [1.29, 1.82) is 0 Å². The van der Waals surface area contributed by atoms with E-state index in [1.807, 2.05) is 0 Å². The third-order valence-electron chi connectivity index (χ3n) is 1.72. The molecule has 0 saturated carbocycles. The number of hydrogen-bond donors (Lipinski definition) is 1. The molecular formula is C8H9F2NO3S. The van der Waals surface area contributed by atoms with Crippen LogP contribution in [-0.2, 0) is 21.3 Å². The number of hydrogen-bond acceptors (Lipinski definition) is 4. The van der Waals surface area contributed by atoms with Crippen LogP contribution < -0.4 is 5.90 Å². The number of rotatable bonds is 3. The Kier molecular flexibility index (Phi) is 3.38. The van der Waals surface area contributed by atoms with Gasteiger partial charge in [0.15, 0.2) is 9.84 Å². The van der Waals surface area contributed by atoms with Gasteiger partial charge in [0.05, 0.1) is 6.61 Å². The van der Waals surface area contributed by atoms with E-state index in [1.165, 1.54) is 0 Å². The summed E-state index contributed by atoms with van der Waals surface area (Å²) in [5.41, 5.74) is -0.238. The van der Waals surface area contributed by atoms with Crippen LogP contribution in [0.15, 0.2) is 17.0 Å². The van der Waals surface area contributed by atoms with Crippen LogP contribution >= 0.6 is 0 Å². The first-order chi connectivity index (χ1) is 6.86. The zero-order valence-electron chi connectivity index (χ0n) is 7.83. The fourth-order valence-corrected chi connectivity index (χ4v) is 1.87. The number of nitrogens with two attached hydrogens (primary N) is 1. The Hall–Kier alpha value is -1.05. The van der Waals surface area contributed by atoms with Crippen molar-refractivity contribution in [3.05, 3.63) is 29.3 Å². The van der Waals surface area contributed by atoms with Crippen LogP contribution in [-0.4, -0.2) is 14.7 Å². The summed E-state index contributed by atoms with van der Waals surface area (Å²) in [6.45, 7) is -0.397. The van der Waals surface area contributed by atoms with Gasteiger partial charge in [-0.1, -0.05) is 0 Å². The third kappa shape index (κ3) is 2.71. The van der Waals surface area contributed by atoms with Crippen molar-refractivity contribution in [3.63, 3.8) is 0 Å². The second-order valence-electron chi connectivity index (χ2n) is 2.96. The smallest absolute Gasteiger partial charge is 0.178 e. The number of sulfone groups is 1. The minimum Gasteiger partial charge on any atom is -0.300 e. The van der Waals surface area contributed by atoms with Crippen molar-refractivity contribution < 1.29 is 22.0 Å². The van der Waals surface area contributed by atoms with Crippen molar-refractivity contribution in [2.24, 2.45) is 5.90 Å². The molecule has 1 aromatic carbocycles. The highest BCUT2D eigenvalue weighted by Gasteiger charge is 2.18. The van der Waals surface area contributed by atoms with E-state index in [0.29, 0.717) is 6.07 Å². The first-order valence-corrected chi connectivity index (χ1v) is 5.75. The van der Waals surface area contributed by atoms with Crippen molar-refractivity contribution in [2.75, 3.05) is 6.26 Å². The standard InChI is InChI=1S/C8H9F2NO3S/c1-15(12,13)7-3-6(9)2-5(4-14-11)8(7)10/h2-3H,4,11H2,1H3. The highest BCUT2D eigenvalue weighted by Crippen LogP contribution is 2.20. The summed E-state index contributed by atoms with van der Waals surface area (Å²) in [4.78, 5) is 3.43. The average molecular weight is 237 g/mol. The largest absolute Gasteiger partial charge is 0.300 e. The van der Waals surface area contributed by atoms with Gasteiger partial charge in [0.2, 0.25) is 0 Å². The van der Waals surface area contributed by atoms with E-state index in [-0.39, 0.29) is 5.56 Å². The number of halogens is 2. The maximum absolute atomic E-state index is 13.5. The molecule has 0 radical (unpaired) electrons. The predicted molar refractivity (Wildman–Crippen MR) is 48.4 cm³/mol. The van der Waals surface area contributed by atoms with Gasteiger partial charge < -0.3 is 0 Å². The van der Waals surface area contributed by atoms with E-state index >= 15 is 0 Å². The van der Waals surface area contributed by atoms with Gasteiger partial charge in [0.25, 0.3) is 0 Å². The summed E-state index contributed by atoms with van der Waals surface area (Å²) in [5.74, 6) is 2.80. The van der Waals surface area contributed by atoms with Crippen LogP contribution in [0, 0.1) is 11.6 Å². The topological polar surface area (TPSA) is 69.4 Å². The van der Waals surface area contributed by atoms with Gasteiger partial charge in [0.1, 0.15) is 16.5 Å². The molecular weight excluding hydrogens is 228 g/mol. The van der Waals surface area contributed by atoms with Crippen LogP contribution in [0.25, 0.3) is 0 Å². The minimum atomic E-state index is -3.81. The molecule has 1 rings (SSSR count). The molecule has 0 atom stereocenters. The molecule has 0 unspecified atom stereocenters. The molecule has 0 aliphatic carbocycles. The second kappa shape index (κ2) is 4.21. The van der Waals surface area contributed by atoms with Crippen molar-refractivity contribution >= 4 is 9.84 Å². The molecule has 4 nitrogen and oxygen atoms in total. The Morgan fingerprint density at radius 2 is 2.00 bits per heavy atom. The summed E-state index contributed by atoms with van der Waals surface area (Å²) < 4.78 is 48.6. The maximum atomic E-state index is 13.5. The second-order valence-corrected chi connectivity index (χ2v) is 4.94. The molecule has 1 aromatic rings. The summed E-state index contributed by atoms with van der Waals surface area (Å²) in [7, 11) is -3.81. The van der Waals surface area contributed by atoms with E-state index in [0.717, 1.165) is 12.3 Å². The van der Waals surface area contributed by atoms with Gasteiger partial charge in [-0.05, 0) is 12.1 Å². The van der Waals surface area contributed by atoms with Gasteiger partial charge in [-0.25, -0.2) is 23.1 Å². The lowest BCUT2D eigenvalue weighted by Gasteiger charge is -2.06. The van der Waals surface area contributed by atoms with E-state index in [4.69, 9.17) is 5.90 Å². The average Bonchev–Trinajstić information content (AvgIpc) is 2.09. The lowest BCUT2D eigenvalue weighted by molar-refractivity contribution is 0.121. The van der Waals surface area contributed by atoms with Crippen molar-refractivity contribution in [2.45, 2.75) is 11.5 Å². The SMILES string of the molecule is CS(=O)(=O)c1cc(F)cc(CON)c1F. The fraction of sp³-hybridized carbons (Fsp3) is 0.250. The Morgan fingerprint density at radius 1 is 1.40 bits per heavy atom. The first kappa shape index (κ1) is 12.0. The zero-order chi connectivity index (χ0) is 11.6. The minimum absolute atomic E-state index is 0.238. The summed E-state index contributed by atoms with van der Waals surface area (Å²) in [6, 6.07) is 1.45. The van der Waals surface area contributed by atoms with Crippen LogP contribution in [0.4, 0.5) is 8.78 Å². The molecule has 0 amide bonds. The van der Waals surface area contributed by atoms with Gasteiger partial charge in [0, 0.05) is 11.8 Å². The van der Waals surface area contributed by atoms with E-state index < -0.39 is 33.0 Å². The van der Waals surface area contributed by atoms with Crippen molar-refractivity contribution in [3.8, 4) is 0 Å². The molecule has 0 bridgehead atoms. The van der Waals surface area contributed by atoms with Crippen molar-refractivity contribution in [1.82, 2.24) is 0 Å². The first-order valence-electron chi connectivity index (χ1n) is 3.86. The van der Waals surface area contributed by atoms with E-state index in [1.54, 1.807) is 0 Å². The molecule has 0 spiro atoms. The lowest BCUT2D eigenvalue weighted by Crippen LogP contribution is -2.08. The molecule has 7 heteroatoms. The fourth-order valence-electron chi connectivity index (χ4n) is 1.08. The Bertz CT molecular complexity index is 473. The monoisotopic (exact) mass is 237 g/mol. The summed E-state index contributed by atoms with van der Waals surface area (Å²) in [6.07, 6.45) is 0.790. The maximum Gasteiger partial charge on any atom is 0.178 e. The molecule has 2 N–H and O–H groups in total. The summed E-state index contributed by atoms with van der Waals surface area (Å²) in [5, 5.41) is 0. The van der Waals surface area contributed by atoms with Crippen LogP contribution in [0.1, 0.15) is 5.56 Å². The Balaban J connectivity index is 3.42. The molecule has 15 heavy (non-hydrogen) atoms. The normalized spacial score (nSPS) is 11.7. The molecule has 0 heterocycles. The van der Waals surface area contributed by atoms with Gasteiger partial charge in [-0.15, -0.1) is 0 Å². The molecule has 84 valence electrons. The Labute approximate surface area is 85.5 Å². The van der Waals surface area contributed by atoms with Crippen LogP contribution in [0.2, 0.25) is 0 Å². The molecule has 0 saturated heterocycles. The van der Waals surface area contributed by atoms with E-state index in [9.17, 15) is 17.2 Å². The number of benzene rings is 1. The van der Waals surface area contributed by atoms with Gasteiger partial charge in [-0.2, -0.15) is 0 Å². The highest BCUT2D eigenvalue weighted by molar-refractivity contribution is 7.90. The van der Waals surface area contributed by atoms with Crippen LogP contribution in [0.5, 0.6) is 0 Å². The quantitative estimate of drug-likeness (QED) is 0.788. The van der Waals surface area contributed by atoms with Gasteiger partial charge >= 0.3 is 0 Å². The summed E-state index contributed by atoms with van der Waals surface area (Å²) >= 11 is 0. The predicted octanol–water partition coefficient (Wildman–Crippen LogP) is 0.759. The molecule has 0 aliphatic rings.